The summed E-state index contributed by atoms with van der Waals surface area (Å²) >= 11 is 0. The summed E-state index contributed by atoms with van der Waals surface area (Å²) in [4.78, 5) is 25.8. The third-order valence-electron chi connectivity index (χ3n) is 5.21. The van der Waals surface area contributed by atoms with E-state index in [4.69, 9.17) is 0 Å². The number of nitrogens with zero attached hydrogens (tertiary/aromatic N) is 4. The van der Waals surface area contributed by atoms with Crippen LogP contribution in [0.2, 0.25) is 0 Å². The summed E-state index contributed by atoms with van der Waals surface area (Å²) in [6.45, 7) is 5.00. The van der Waals surface area contributed by atoms with Crippen LogP contribution in [-0.2, 0) is 19.5 Å². The van der Waals surface area contributed by atoms with Crippen LogP contribution in [0.1, 0.15) is 34.1 Å². The van der Waals surface area contributed by atoms with Crippen molar-refractivity contribution in [1.82, 2.24) is 14.9 Å². The van der Waals surface area contributed by atoms with Gasteiger partial charge in [0, 0.05) is 32.2 Å². The molecule has 0 bridgehead atoms. The number of fused-ring (bicyclic) bond motifs is 1. The van der Waals surface area contributed by atoms with Crippen molar-refractivity contribution in [2.45, 2.75) is 26.4 Å². The van der Waals surface area contributed by atoms with Gasteiger partial charge in [-0.15, -0.1) is 0 Å². The number of hydrogen-bond acceptors (Lipinski definition) is 4. The van der Waals surface area contributed by atoms with Gasteiger partial charge in [-0.3, -0.25) is 4.79 Å². The standard InChI is InChI=1S/C23H24N4O/c1-2-26(15-18-8-4-3-5-9-18)22-14-21(24-17-25-22)23(28)27-13-12-19-10-6-7-11-20(19)16-27/h3-11,14,17H,2,12-13,15-16H2,1H3. The monoisotopic (exact) mass is 372 g/mol. The molecule has 1 aliphatic rings. The fraction of sp³-hybridized carbons (Fsp3) is 0.261. The molecule has 0 fully saturated rings. The molecule has 2 heterocycles. The van der Waals surface area contributed by atoms with Crippen LogP contribution in [0.3, 0.4) is 0 Å². The van der Waals surface area contributed by atoms with Gasteiger partial charge in [-0.25, -0.2) is 9.97 Å². The van der Waals surface area contributed by atoms with Gasteiger partial charge < -0.3 is 9.80 Å². The van der Waals surface area contributed by atoms with Crippen LogP contribution >= 0.6 is 0 Å². The fourth-order valence-corrected chi connectivity index (χ4v) is 3.63. The Kier molecular flexibility index (Phi) is 5.33. The van der Waals surface area contributed by atoms with Gasteiger partial charge in [-0.2, -0.15) is 0 Å². The van der Waals surface area contributed by atoms with E-state index in [1.54, 1.807) is 0 Å². The van der Waals surface area contributed by atoms with Crippen LogP contribution < -0.4 is 4.90 Å². The van der Waals surface area contributed by atoms with Gasteiger partial charge in [0.25, 0.3) is 5.91 Å². The molecule has 142 valence electrons. The van der Waals surface area contributed by atoms with Gasteiger partial charge in [-0.05, 0) is 30.0 Å². The summed E-state index contributed by atoms with van der Waals surface area (Å²) in [5.41, 5.74) is 4.21. The topological polar surface area (TPSA) is 49.3 Å². The third-order valence-corrected chi connectivity index (χ3v) is 5.21. The quantitative estimate of drug-likeness (QED) is 0.685. The Morgan fingerprint density at radius 3 is 2.57 bits per heavy atom. The lowest BCUT2D eigenvalue weighted by Gasteiger charge is -2.29. The largest absolute Gasteiger partial charge is 0.352 e. The first-order valence-corrected chi connectivity index (χ1v) is 9.71. The van der Waals surface area contributed by atoms with Crippen molar-refractivity contribution in [1.29, 1.82) is 0 Å². The van der Waals surface area contributed by atoms with Gasteiger partial charge in [0.15, 0.2) is 0 Å². The molecule has 28 heavy (non-hydrogen) atoms. The highest BCUT2D eigenvalue weighted by Crippen LogP contribution is 2.21. The highest BCUT2D eigenvalue weighted by atomic mass is 16.2. The zero-order valence-electron chi connectivity index (χ0n) is 16.1. The number of hydrogen-bond donors (Lipinski definition) is 0. The Bertz CT molecular complexity index is 958. The van der Waals surface area contributed by atoms with Crippen LogP contribution in [-0.4, -0.2) is 33.9 Å². The molecule has 1 amide bonds. The number of carbonyl (C=O) groups is 1. The number of rotatable bonds is 5. The van der Waals surface area contributed by atoms with Crippen molar-refractivity contribution >= 4 is 11.7 Å². The zero-order valence-corrected chi connectivity index (χ0v) is 16.1. The molecule has 1 aliphatic heterocycles. The summed E-state index contributed by atoms with van der Waals surface area (Å²) in [7, 11) is 0. The molecule has 0 aliphatic carbocycles. The van der Waals surface area contributed by atoms with E-state index in [1.165, 1.54) is 23.0 Å². The van der Waals surface area contributed by atoms with Gasteiger partial charge in [0.1, 0.15) is 17.8 Å². The molecule has 4 rings (SSSR count). The molecule has 5 nitrogen and oxygen atoms in total. The molecule has 0 N–H and O–H groups in total. The van der Waals surface area contributed by atoms with Crippen LogP contribution in [0, 0.1) is 0 Å². The molecular weight excluding hydrogens is 348 g/mol. The minimum absolute atomic E-state index is 0.0334. The molecule has 0 atom stereocenters. The first kappa shape index (κ1) is 18.2. The maximum atomic E-state index is 13.0. The van der Waals surface area contributed by atoms with Crippen LogP contribution in [0.15, 0.2) is 67.0 Å². The Labute approximate surface area is 165 Å². The van der Waals surface area contributed by atoms with E-state index in [-0.39, 0.29) is 5.91 Å². The van der Waals surface area contributed by atoms with Crippen LogP contribution in [0.5, 0.6) is 0 Å². The maximum Gasteiger partial charge on any atom is 0.272 e. The van der Waals surface area contributed by atoms with Crippen molar-refractivity contribution in [3.05, 3.63) is 89.4 Å². The molecule has 3 aromatic rings. The van der Waals surface area contributed by atoms with E-state index in [2.05, 4.69) is 52.1 Å². The van der Waals surface area contributed by atoms with Crippen LogP contribution in [0.25, 0.3) is 0 Å². The van der Waals surface area contributed by atoms with Gasteiger partial charge in [-0.1, -0.05) is 54.6 Å². The average Bonchev–Trinajstić information content (AvgIpc) is 2.77. The van der Waals surface area contributed by atoms with E-state index in [1.807, 2.05) is 35.2 Å². The lowest BCUT2D eigenvalue weighted by Crippen LogP contribution is -2.36. The van der Waals surface area contributed by atoms with Crippen molar-refractivity contribution in [2.75, 3.05) is 18.0 Å². The number of aromatic nitrogens is 2. The molecule has 2 aromatic carbocycles. The minimum atomic E-state index is -0.0334. The van der Waals surface area contributed by atoms with Crippen LogP contribution in [0.4, 0.5) is 5.82 Å². The molecule has 0 saturated carbocycles. The van der Waals surface area contributed by atoms with Crippen molar-refractivity contribution in [3.8, 4) is 0 Å². The summed E-state index contributed by atoms with van der Waals surface area (Å²) in [6, 6.07) is 20.4. The summed E-state index contributed by atoms with van der Waals surface area (Å²) < 4.78 is 0. The summed E-state index contributed by atoms with van der Waals surface area (Å²) in [5, 5.41) is 0. The Morgan fingerprint density at radius 2 is 1.79 bits per heavy atom. The van der Waals surface area contributed by atoms with Gasteiger partial charge in [0.05, 0.1) is 0 Å². The molecule has 1 aromatic heterocycles. The smallest absolute Gasteiger partial charge is 0.272 e. The van der Waals surface area contributed by atoms with Crippen molar-refractivity contribution < 1.29 is 4.79 Å². The second-order valence-corrected chi connectivity index (χ2v) is 7.01. The van der Waals surface area contributed by atoms with E-state index in [9.17, 15) is 4.79 Å². The summed E-state index contributed by atoms with van der Waals surface area (Å²) in [5.74, 6) is 0.746. The van der Waals surface area contributed by atoms with E-state index in [0.717, 1.165) is 31.9 Å². The first-order valence-electron chi connectivity index (χ1n) is 9.71. The Morgan fingerprint density at radius 1 is 1.04 bits per heavy atom. The van der Waals surface area contributed by atoms with Crippen molar-refractivity contribution in [3.63, 3.8) is 0 Å². The SMILES string of the molecule is CCN(Cc1ccccc1)c1cc(C(=O)N2CCc3ccccc3C2)ncn1. The predicted molar refractivity (Wildman–Crippen MR) is 110 cm³/mol. The number of amides is 1. The molecule has 0 saturated heterocycles. The normalized spacial score (nSPS) is 13.1. The predicted octanol–water partition coefficient (Wildman–Crippen LogP) is 3.70. The molecule has 0 unspecified atom stereocenters. The first-order chi connectivity index (χ1) is 13.7. The second kappa shape index (κ2) is 8.21. The highest BCUT2D eigenvalue weighted by molar-refractivity contribution is 5.93. The number of carbonyl (C=O) groups excluding carboxylic acids is 1. The second-order valence-electron chi connectivity index (χ2n) is 7.01. The van der Waals surface area contributed by atoms with Gasteiger partial charge >= 0.3 is 0 Å². The van der Waals surface area contributed by atoms with Crippen molar-refractivity contribution in [2.24, 2.45) is 0 Å². The molecular formula is C23H24N4O. The fourth-order valence-electron chi connectivity index (χ4n) is 3.63. The van der Waals surface area contributed by atoms with E-state index >= 15 is 0 Å². The lowest BCUT2D eigenvalue weighted by atomic mass is 10.00. The Hall–Kier alpha value is -3.21. The van der Waals surface area contributed by atoms with E-state index in [0.29, 0.717) is 12.2 Å². The molecule has 0 spiro atoms. The zero-order chi connectivity index (χ0) is 19.3. The molecule has 0 radical (unpaired) electrons. The van der Waals surface area contributed by atoms with E-state index < -0.39 is 0 Å². The Balaban J connectivity index is 1.52. The third kappa shape index (κ3) is 3.88. The average molecular weight is 372 g/mol. The lowest BCUT2D eigenvalue weighted by molar-refractivity contribution is 0.0728. The maximum absolute atomic E-state index is 13.0. The highest BCUT2D eigenvalue weighted by Gasteiger charge is 2.23. The molecule has 5 heteroatoms. The van der Waals surface area contributed by atoms with Gasteiger partial charge in [0.2, 0.25) is 0 Å². The summed E-state index contributed by atoms with van der Waals surface area (Å²) in [6.07, 6.45) is 2.38. The number of anilines is 1. The minimum Gasteiger partial charge on any atom is -0.352 e. The number of benzene rings is 2.